The van der Waals surface area contributed by atoms with E-state index in [1.54, 1.807) is 38.1 Å². The van der Waals surface area contributed by atoms with Crippen molar-refractivity contribution in [2.45, 2.75) is 26.8 Å². The van der Waals surface area contributed by atoms with Crippen LogP contribution in [0.5, 0.6) is 5.75 Å². The average molecular weight is 420 g/mol. The number of rotatable bonds is 8. The van der Waals surface area contributed by atoms with Gasteiger partial charge in [0.25, 0.3) is 11.6 Å². The first-order valence-electron chi connectivity index (χ1n) is 9.01. The third kappa shape index (κ3) is 5.92. The van der Waals surface area contributed by atoms with Crippen LogP contribution in [0.1, 0.15) is 31.1 Å². The third-order valence-corrected chi connectivity index (χ3v) is 4.39. The Bertz CT molecular complexity index is 899. The molecule has 0 spiro atoms. The zero-order chi connectivity index (χ0) is 21.6. The van der Waals surface area contributed by atoms with Gasteiger partial charge in [-0.15, -0.1) is 0 Å². The van der Waals surface area contributed by atoms with Crippen LogP contribution in [0.4, 0.5) is 11.4 Å². The van der Waals surface area contributed by atoms with Crippen molar-refractivity contribution in [3.05, 3.63) is 63.2 Å². The Labute approximate surface area is 173 Å². The predicted molar refractivity (Wildman–Crippen MR) is 110 cm³/mol. The van der Waals surface area contributed by atoms with Gasteiger partial charge in [-0.25, -0.2) is 0 Å². The number of hydrogen-bond donors (Lipinski definition) is 2. The molecule has 0 saturated heterocycles. The Balaban J connectivity index is 2.12. The second-order valence-corrected chi connectivity index (χ2v) is 6.97. The van der Waals surface area contributed by atoms with Gasteiger partial charge in [-0.2, -0.15) is 0 Å². The standard InChI is InChI=1S/C20H22ClN3O5/c1-4-29-15-8-6-14(7-9-15)22-20(26)18(12(2)3)23-19(25)13-5-10-16(21)17(11-13)24(27)28/h5-12,18H,4H2,1-3H3,(H,22,26)(H,23,25)/t18-/m0/s1. The topological polar surface area (TPSA) is 111 Å². The minimum Gasteiger partial charge on any atom is -0.494 e. The van der Waals surface area contributed by atoms with Gasteiger partial charge in [-0.3, -0.25) is 19.7 Å². The number of amides is 2. The number of carbonyl (C=O) groups excluding carboxylic acids is 2. The summed E-state index contributed by atoms with van der Waals surface area (Å²) in [6, 6.07) is 9.74. The lowest BCUT2D eigenvalue weighted by molar-refractivity contribution is -0.384. The van der Waals surface area contributed by atoms with Gasteiger partial charge in [-0.05, 0) is 49.2 Å². The van der Waals surface area contributed by atoms with Crippen molar-refractivity contribution in [3.8, 4) is 5.75 Å². The van der Waals surface area contributed by atoms with Crippen LogP contribution in [0, 0.1) is 16.0 Å². The van der Waals surface area contributed by atoms with Crippen LogP contribution in [0.15, 0.2) is 42.5 Å². The molecule has 0 aliphatic heterocycles. The van der Waals surface area contributed by atoms with Crippen molar-refractivity contribution in [1.82, 2.24) is 5.32 Å². The molecule has 0 fully saturated rings. The fraction of sp³-hybridized carbons (Fsp3) is 0.300. The van der Waals surface area contributed by atoms with Gasteiger partial charge in [0.2, 0.25) is 5.91 Å². The van der Waals surface area contributed by atoms with Crippen molar-refractivity contribution < 1.29 is 19.2 Å². The van der Waals surface area contributed by atoms with E-state index in [4.69, 9.17) is 16.3 Å². The molecule has 1 atom stereocenters. The third-order valence-electron chi connectivity index (χ3n) is 4.07. The largest absolute Gasteiger partial charge is 0.494 e. The van der Waals surface area contributed by atoms with Crippen molar-refractivity contribution in [3.63, 3.8) is 0 Å². The molecule has 2 amide bonds. The molecule has 0 saturated carbocycles. The second-order valence-electron chi connectivity index (χ2n) is 6.57. The molecule has 2 aromatic rings. The fourth-order valence-corrected chi connectivity index (χ4v) is 2.76. The highest BCUT2D eigenvalue weighted by atomic mass is 35.5. The second kappa shape index (κ2) is 9.88. The summed E-state index contributed by atoms with van der Waals surface area (Å²) in [5, 5.41) is 16.3. The number of nitrogens with zero attached hydrogens (tertiary/aromatic N) is 1. The summed E-state index contributed by atoms with van der Waals surface area (Å²) in [5.74, 6) is -0.543. The Morgan fingerprint density at radius 1 is 1.17 bits per heavy atom. The lowest BCUT2D eigenvalue weighted by atomic mass is 10.0. The molecule has 29 heavy (non-hydrogen) atoms. The molecule has 0 aliphatic rings. The lowest BCUT2D eigenvalue weighted by Crippen LogP contribution is -2.47. The van der Waals surface area contributed by atoms with E-state index < -0.39 is 22.8 Å². The molecule has 154 valence electrons. The fourth-order valence-electron chi connectivity index (χ4n) is 2.57. The lowest BCUT2D eigenvalue weighted by Gasteiger charge is -2.22. The van der Waals surface area contributed by atoms with E-state index in [0.717, 1.165) is 6.07 Å². The van der Waals surface area contributed by atoms with Crippen molar-refractivity contribution in [2.24, 2.45) is 5.92 Å². The van der Waals surface area contributed by atoms with Crippen LogP contribution in [0.3, 0.4) is 0 Å². The van der Waals surface area contributed by atoms with Crippen molar-refractivity contribution >= 4 is 34.8 Å². The molecule has 2 aromatic carbocycles. The van der Waals surface area contributed by atoms with Gasteiger partial charge in [0.1, 0.15) is 16.8 Å². The summed E-state index contributed by atoms with van der Waals surface area (Å²) < 4.78 is 5.36. The number of nitro benzene ring substituents is 1. The van der Waals surface area contributed by atoms with Gasteiger partial charge in [0, 0.05) is 17.3 Å². The number of nitro groups is 1. The van der Waals surface area contributed by atoms with Crippen LogP contribution in [-0.2, 0) is 4.79 Å². The van der Waals surface area contributed by atoms with E-state index >= 15 is 0 Å². The highest BCUT2D eigenvalue weighted by molar-refractivity contribution is 6.32. The molecule has 0 unspecified atom stereocenters. The van der Waals surface area contributed by atoms with Gasteiger partial charge in [0.15, 0.2) is 0 Å². The number of benzene rings is 2. The maximum atomic E-state index is 12.7. The monoisotopic (exact) mass is 419 g/mol. The van der Waals surface area contributed by atoms with Gasteiger partial charge >= 0.3 is 0 Å². The summed E-state index contributed by atoms with van der Waals surface area (Å²) >= 11 is 5.78. The van der Waals surface area contributed by atoms with E-state index in [0.29, 0.717) is 18.0 Å². The molecule has 2 rings (SSSR count). The average Bonchev–Trinajstić information content (AvgIpc) is 2.67. The zero-order valence-electron chi connectivity index (χ0n) is 16.3. The molecule has 0 aliphatic carbocycles. The summed E-state index contributed by atoms with van der Waals surface area (Å²) in [6.45, 7) is 5.98. The number of ether oxygens (including phenoxy) is 1. The van der Waals surface area contributed by atoms with Gasteiger partial charge in [-0.1, -0.05) is 25.4 Å². The molecule has 0 heterocycles. The molecular formula is C20H22ClN3O5. The maximum Gasteiger partial charge on any atom is 0.288 e. The molecule has 0 radical (unpaired) electrons. The van der Waals surface area contributed by atoms with Gasteiger partial charge < -0.3 is 15.4 Å². The number of carbonyl (C=O) groups is 2. The normalized spacial score (nSPS) is 11.6. The molecule has 2 N–H and O–H groups in total. The Morgan fingerprint density at radius 3 is 2.38 bits per heavy atom. The van der Waals surface area contributed by atoms with Crippen LogP contribution >= 0.6 is 11.6 Å². The Hall–Kier alpha value is -3.13. The van der Waals surface area contributed by atoms with Crippen LogP contribution < -0.4 is 15.4 Å². The van der Waals surface area contributed by atoms with Crippen LogP contribution in [-0.4, -0.2) is 29.4 Å². The van der Waals surface area contributed by atoms with E-state index in [-0.39, 0.29) is 22.2 Å². The quantitative estimate of drug-likeness (QED) is 0.495. The smallest absolute Gasteiger partial charge is 0.288 e. The number of anilines is 1. The van der Waals surface area contributed by atoms with E-state index in [1.807, 2.05) is 6.92 Å². The Morgan fingerprint density at radius 2 is 1.83 bits per heavy atom. The van der Waals surface area contributed by atoms with E-state index in [1.165, 1.54) is 12.1 Å². The van der Waals surface area contributed by atoms with Crippen molar-refractivity contribution in [2.75, 3.05) is 11.9 Å². The minimum absolute atomic E-state index is 0.0422. The van der Waals surface area contributed by atoms with Crippen LogP contribution in [0.2, 0.25) is 5.02 Å². The predicted octanol–water partition coefficient (Wildman–Crippen LogP) is 4.04. The summed E-state index contributed by atoms with van der Waals surface area (Å²) in [5.41, 5.74) is 0.223. The van der Waals surface area contributed by atoms with Gasteiger partial charge in [0.05, 0.1) is 11.5 Å². The molecule has 0 bridgehead atoms. The van der Waals surface area contributed by atoms with E-state index in [2.05, 4.69) is 10.6 Å². The first kappa shape index (κ1) is 22.2. The highest BCUT2D eigenvalue weighted by Gasteiger charge is 2.26. The minimum atomic E-state index is -0.844. The SMILES string of the molecule is CCOc1ccc(NC(=O)[C@@H](NC(=O)c2ccc(Cl)c([N+](=O)[O-])c2)C(C)C)cc1. The summed E-state index contributed by atoms with van der Waals surface area (Å²) in [4.78, 5) is 35.6. The zero-order valence-corrected chi connectivity index (χ0v) is 17.0. The highest BCUT2D eigenvalue weighted by Crippen LogP contribution is 2.25. The summed E-state index contributed by atoms with van der Waals surface area (Å²) in [6.07, 6.45) is 0. The molecular weight excluding hydrogens is 398 g/mol. The van der Waals surface area contributed by atoms with Crippen LogP contribution in [0.25, 0.3) is 0 Å². The van der Waals surface area contributed by atoms with E-state index in [9.17, 15) is 19.7 Å². The Kier molecular flexibility index (Phi) is 7.55. The number of hydrogen-bond acceptors (Lipinski definition) is 5. The molecule has 0 aromatic heterocycles. The first-order chi connectivity index (χ1) is 13.7. The summed E-state index contributed by atoms with van der Waals surface area (Å²) in [7, 11) is 0. The number of halogens is 1. The first-order valence-corrected chi connectivity index (χ1v) is 9.39. The maximum absolute atomic E-state index is 12.7. The molecule has 9 heteroatoms. The molecule has 8 nitrogen and oxygen atoms in total. The number of nitrogens with one attached hydrogen (secondary N) is 2. The van der Waals surface area contributed by atoms with Crippen molar-refractivity contribution in [1.29, 1.82) is 0 Å².